The van der Waals surface area contributed by atoms with E-state index in [2.05, 4.69) is 42.5 Å². The highest BCUT2D eigenvalue weighted by atomic mass is 32.1. The van der Waals surface area contributed by atoms with E-state index in [9.17, 15) is 0 Å². The van der Waals surface area contributed by atoms with Gasteiger partial charge in [0.05, 0.1) is 11.5 Å². The van der Waals surface area contributed by atoms with Gasteiger partial charge in [0.25, 0.3) is 0 Å². The first-order valence-electron chi connectivity index (χ1n) is 7.08. The molecule has 1 aromatic heterocycles. The summed E-state index contributed by atoms with van der Waals surface area (Å²) in [5.41, 5.74) is -0.166. The van der Waals surface area contributed by atoms with Gasteiger partial charge in [0.15, 0.2) is 0 Å². The fourth-order valence-corrected chi connectivity index (χ4v) is 2.91. The Balaban J connectivity index is 2.20. The molecule has 1 heterocycles. The molecule has 0 bridgehead atoms. The average Bonchev–Trinajstić information content (AvgIpc) is 2.87. The van der Waals surface area contributed by atoms with E-state index < -0.39 is 0 Å². The standard InChI is InChI=1S/C16H26N2S/c1-14(12-15-8-7-11-19-15)18(4)10-6-5-9-16(2,3)13-17/h7-8,11,14H,5-6,9-10,12H2,1-4H3. The highest BCUT2D eigenvalue weighted by Crippen LogP contribution is 2.22. The molecule has 0 aliphatic heterocycles. The van der Waals surface area contributed by atoms with Gasteiger partial charge in [0, 0.05) is 10.9 Å². The minimum absolute atomic E-state index is 0.166. The number of thiophene rings is 1. The quantitative estimate of drug-likeness (QED) is 0.662. The van der Waals surface area contributed by atoms with E-state index >= 15 is 0 Å². The van der Waals surface area contributed by atoms with Gasteiger partial charge >= 0.3 is 0 Å². The molecule has 0 spiro atoms. The number of nitriles is 1. The van der Waals surface area contributed by atoms with E-state index in [1.54, 1.807) is 0 Å². The zero-order valence-electron chi connectivity index (χ0n) is 12.6. The fourth-order valence-electron chi connectivity index (χ4n) is 2.08. The molecule has 0 radical (unpaired) electrons. The Labute approximate surface area is 122 Å². The molecule has 0 aliphatic carbocycles. The molecular weight excluding hydrogens is 252 g/mol. The molecule has 1 aromatic rings. The summed E-state index contributed by atoms with van der Waals surface area (Å²) >= 11 is 1.84. The lowest BCUT2D eigenvalue weighted by Gasteiger charge is -2.24. The second-order valence-electron chi connectivity index (χ2n) is 6.07. The van der Waals surface area contributed by atoms with Crippen molar-refractivity contribution in [1.82, 2.24) is 4.90 Å². The highest BCUT2D eigenvalue weighted by Gasteiger charge is 2.16. The van der Waals surface area contributed by atoms with Crippen LogP contribution in [0, 0.1) is 16.7 Å². The first-order valence-corrected chi connectivity index (χ1v) is 7.96. The van der Waals surface area contributed by atoms with Gasteiger partial charge in [0.2, 0.25) is 0 Å². The summed E-state index contributed by atoms with van der Waals surface area (Å²) in [5.74, 6) is 0. The molecule has 0 saturated heterocycles. The first-order chi connectivity index (χ1) is 8.94. The SMILES string of the molecule is CC(Cc1cccs1)N(C)CCCCC(C)(C)C#N. The van der Waals surface area contributed by atoms with Crippen molar-refractivity contribution in [3.8, 4) is 6.07 Å². The third-order valence-corrected chi connectivity index (χ3v) is 4.59. The zero-order chi connectivity index (χ0) is 14.3. The van der Waals surface area contributed by atoms with Crippen LogP contribution in [-0.4, -0.2) is 24.5 Å². The van der Waals surface area contributed by atoms with Gasteiger partial charge in [0.1, 0.15) is 0 Å². The summed E-state index contributed by atoms with van der Waals surface area (Å²) in [6, 6.07) is 7.29. The molecule has 0 aliphatic rings. The molecule has 1 atom stereocenters. The van der Waals surface area contributed by atoms with Crippen molar-refractivity contribution >= 4 is 11.3 Å². The van der Waals surface area contributed by atoms with Gasteiger partial charge in [-0.2, -0.15) is 5.26 Å². The molecule has 0 aromatic carbocycles. The Morgan fingerprint density at radius 1 is 1.42 bits per heavy atom. The van der Waals surface area contributed by atoms with Gasteiger partial charge in [-0.1, -0.05) is 12.5 Å². The Kier molecular flexibility index (Phi) is 6.54. The highest BCUT2D eigenvalue weighted by molar-refractivity contribution is 7.09. The molecule has 0 saturated carbocycles. The molecule has 3 heteroatoms. The molecule has 2 nitrogen and oxygen atoms in total. The van der Waals surface area contributed by atoms with E-state index in [4.69, 9.17) is 5.26 Å². The summed E-state index contributed by atoms with van der Waals surface area (Å²) in [4.78, 5) is 3.89. The van der Waals surface area contributed by atoms with E-state index in [0.29, 0.717) is 6.04 Å². The normalized spacial score (nSPS) is 13.5. The van der Waals surface area contributed by atoms with E-state index in [1.807, 2.05) is 25.2 Å². The number of likely N-dealkylation sites (N-methyl/N-ethyl adjacent to an activating group) is 1. The molecule has 1 rings (SSSR count). The minimum Gasteiger partial charge on any atom is -0.303 e. The third kappa shape index (κ3) is 6.22. The molecule has 19 heavy (non-hydrogen) atoms. The molecule has 0 N–H and O–H groups in total. The Morgan fingerprint density at radius 3 is 2.74 bits per heavy atom. The van der Waals surface area contributed by atoms with Gasteiger partial charge in [-0.15, -0.1) is 11.3 Å². The summed E-state index contributed by atoms with van der Waals surface area (Å²) < 4.78 is 0. The fraction of sp³-hybridized carbons (Fsp3) is 0.688. The summed E-state index contributed by atoms with van der Waals surface area (Å²) in [7, 11) is 2.20. The Hall–Kier alpha value is -0.850. The Morgan fingerprint density at radius 2 is 2.16 bits per heavy atom. The van der Waals surface area contributed by atoms with Gasteiger partial charge < -0.3 is 4.90 Å². The minimum atomic E-state index is -0.166. The number of nitrogens with zero attached hydrogens (tertiary/aromatic N) is 2. The molecule has 0 amide bonds. The van der Waals surface area contributed by atoms with Crippen LogP contribution < -0.4 is 0 Å². The second kappa shape index (κ2) is 7.67. The van der Waals surface area contributed by atoms with Crippen molar-refractivity contribution in [2.45, 2.75) is 52.5 Å². The van der Waals surface area contributed by atoms with E-state index in [1.165, 1.54) is 11.3 Å². The lowest BCUT2D eigenvalue weighted by atomic mass is 9.89. The van der Waals surface area contributed by atoms with Crippen LogP contribution in [0.4, 0.5) is 0 Å². The maximum absolute atomic E-state index is 8.98. The molecule has 106 valence electrons. The predicted octanol–water partition coefficient (Wildman–Crippen LogP) is 4.33. The molecule has 0 fully saturated rings. The van der Waals surface area contributed by atoms with Crippen LogP contribution in [0.15, 0.2) is 17.5 Å². The van der Waals surface area contributed by atoms with E-state index in [-0.39, 0.29) is 5.41 Å². The van der Waals surface area contributed by atoms with Crippen molar-refractivity contribution in [2.75, 3.05) is 13.6 Å². The first kappa shape index (κ1) is 16.2. The van der Waals surface area contributed by atoms with Gasteiger partial charge in [-0.25, -0.2) is 0 Å². The number of hydrogen-bond acceptors (Lipinski definition) is 3. The largest absolute Gasteiger partial charge is 0.303 e. The lowest BCUT2D eigenvalue weighted by molar-refractivity contribution is 0.247. The van der Waals surface area contributed by atoms with Crippen molar-refractivity contribution in [1.29, 1.82) is 5.26 Å². The van der Waals surface area contributed by atoms with Crippen LogP contribution in [0.5, 0.6) is 0 Å². The van der Waals surface area contributed by atoms with Crippen LogP contribution in [0.25, 0.3) is 0 Å². The van der Waals surface area contributed by atoms with Crippen LogP contribution in [0.2, 0.25) is 0 Å². The number of rotatable bonds is 8. The van der Waals surface area contributed by atoms with Crippen LogP contribution in [0.1, 0.15) is 44.9 Å². The maximum Gasteiger partial charge on any atom is 0.0683 e. The Bertz CT molecular complexity index is 389. The van der Waals surface area contributed by atoms with Crippen molar-refractivity contribution in [3.63, 3.8) is 0 Å². The smallest absolute Gasteiger partial charge is 0.0683 e. The number of hydrogen-bond donors (Lipinski definition) is 0. The van der Waals surface area contributed by atoms with Crippen LogP contribution in [-0.2, 0) is 6.42 Å². The zero-order valence-corrected chi connectivity index (χ0v) is 13.5. The predicted molar refractivity (Wildman–Crippen MR) is 83.4 cm³/mol. The monoisotopic (exact) mass is 278 g/mol. The van der Waals surface area contributed by atoms with Crippen LogP contribution in [0.3, 0.4) is 0 Å². The van der Waals surface area contributed by atoms with Crippen LogP contribution >= 0.6 is 11.3 Å². The topological polar surface area (TPSA) is 27.0 Å². The molecular formula is C16H26N2S. The van der Waals surface area contributed by atoms with Gasteiger partial charge in [-0.3, -0.25) is 0 Å². The van der Waals surface area contributed by atoms with Crippen molar-refractivity contribution in [3.05, 3.63) is 22.4 Å². The molecule has 1 unspecified atom stereocenters. The summed E-state index contributed by atoms with van der Waals surface area (Å²) in [6.07, 6.45) is 4.45. The van der Waals surface area contributed by atoms with Crippen molar-refractivity contribution in [2.24, 2.45) is 5.41 Å². The average molecular weight is 278 g/mol. The van der Waals surface area contributed by atoms with Crippen molar-refractivity contribution < 1.29 is 0 Å². The van der Waals surface area contributed by atoms with Gasteiger partial charge in [-0.05, 0) is 65.1 Å². The number of unbranched alkanes of at least 4 members (excludes halogenated alkanes) is 1. The lowest BCUT2D eigenvalue weighted by Crippen LogP contribution is -2.31. The summed E-state index contributed by atoms with van der Waals surface area (Å²) in [6.45, 7) is 7.46. The third-order valence-electron chi connectivity index (χ3n) is 3.69. The second-order valence-corrected chi connectivity index (χ2v) is 7.10. The van der Waals surface area contributed by atoms with E-state index in [0.717, 1.165) is 25.8 Å². The maximum atomic E-state index is 8.98. The summed E-state index contributed by atoms with van der Waals surface area (Å²) in [5, 5.41) is 11.1.